The van der Waals surface area contributed by atoms with Crippen molar-refractivity contribution in [2.45, 2.75) is 4.90 Å². The molecule has 0 amide bonds. The molecule has 0 spiro atoms. The van der Waals surface area contributed by atoms with E-state index in [9.17, 15) is 18.3 Å². The smallest absolute Gasteiger partial charge is 0.337 e. The molecule has 28 heavy (non-hydrogen) atoms. The van der Waals surface area contributed by atoms with E-state index in [2.05, 4.69) is 4.72 Å². The topological polar surface area (TPSA) is 92.7 Å². The van der Waals surface area contributed by atoms with Gasteiger partial charge in [0.05, 0.1) is 21.2 Å². The van der Waals surface area contributed by atoms with Gasteiger partial charge in [-0.2, -0.15) is 0 Å². The number of nitrogens with one attached hydrogen (secondary N) is 1. The van der Waals surface area contributed by atoms with Gasteiger partial charge in [0, 0.05) is 5.02 Å². The maximum absolute atomic E-state index is 12.6. The average molecular weight is 438 g/mol. The molecule has 0 aliphatic rings. The van der Waals surface area contributed by atoms with Gasteiger partial charge < -0.3 is 9.84 Å². The number of benzene rings is 3. The number of halogens is 2. The summed E-state index contributed by atoms with van der Waals surface area (Å²) < 4.78 is 33.1. The Morgan fingerprint density at radius 2 is 1.64 bits per heavy atom. The van der Waals surface area contributed by atoms with E-state index in [0.29, 0.717) is 16.5 Å². The highest BCUT2D eigenvalue weighted by Gasteiger charge is 2.19. The highest BCUT2D eigenvalue weighted by molar-refractivity contribution is 7.92. The molecule has 6 nitrogen and oxygen atoms in total. The van der Waals surface area contributed by atoms with Gasteiger partial charge >= 0.3 is 5.97 Å². The summed E-state index contributed by atoms with van der Waals surface area (Å²) in [6, 6.07) is 16.3. The molecule has 3 aromatic carbocycles. The van der Waals surface area contributed by atoms with Crippen LogP contribution >= 0.6 is 23.2 Å². The molecule has 0 saturated carbocycles. The molecule has 0 radical (unpaired) electrons. The second-order valence-electron chi connectivity index (χ2n) is 5.60. The first kappa shape index (κ1) is 20.0. The third kappa shape index (κ3) is 4.56. The van der Waals surface area contributed by atoms with E-state index in [1.807, 2.05) is 0 Å². The predicted octanol–water partition coefficient (Wildman–Crippen LogP) is 5.28. The molecule has 3 rings (SSSR count). The molecule has 0 aromatic heterocycles. The fourth-order valence-electron chi connectivity index (χ4n) is 2.33. The van der Waals surface area contributed by atoms with Crippen LogP contribution in [0.3, 0.4) is 0 Å². The lowest BCUT2D eigenvalue weighted by molar-refractivity contribution is 0.0698. The average Bonchev–Trinajstić information content (AvgIpc) is 2.65. The third-order valence-corrected chi connectivity index (χ3v) is 5.58. The van der Waals surface area contributed by atoms with Crippen LogP contribution in [0.1, 0.15) is 10.4 Å². The minimum absolute atomic E-state index is 0.0645. The van der Waals surface area contributed by atoms with E-state index >= 15 is 0 Å². The van der Waals surface area contributed by atoms with Crippen LogP contribution in [0.2, 0.25) is 10.0 Å². The van der Waals surface area contributed by atoms with E-state index in [1.54, 1.807) is 24.3 Å². The molecular weight excluding hydrogens is 425 g/mol. The molecule has 9 heteroatoms. The van der Waals surface area contributed by atoms with Crippen molar-refractivity contribution in [3.63, 3.8) is 0 Å². The minimum Gasteiger partial charge on any atom is -0.478 e. The lowest BCUT2D eigenvalue weighted by Crippen LogP contribution is -2.15. The monoisotopic (exact) mass is 437 g/mol. The van der Waals surface area contributed by atoms with Gasteiger partial charge in [0.2, 0.25) is 0 Å². The van der Waals surface area contributed by atoms with Gasteiger partial charge in [-0.3, -0.25) is 4.72 Å². The van der Waals surface area contributed by atoms with Crippen LogP contribution in [-0.2, 0) is 10.0 Å². The zero-order chi connectivity index (χ0) is 20.3. The molecule has 3 aromatic rings. The number of sulfonamides is 1. The normalized spacial score (nSPS) is 11.1. The van der Waals surface area contributed by atoms with E-state index in [-0.39, 0.29) is 21.2 Å². The lowest BCUT2D eigenvalue weighted by Gasteiger charge is -2.12. The van der Waals surface area contributed by atoms with Crippen molar-refractivity contribution < 1.29 is 23.1 Å². The van der Waals surface area contributed by atoms with Crippen molar-refractivity contribution in [1.29, 1.82) is 0 Å². The van der Waals surface area contributed by atoms with Gasteiger partial charge in [0.1, 0.15) is 11.5 Å². The van der Waals surface area contributed by atoms with Crippen molar-refractivity contribution in [3.8, 4) is 11.5 Å². The molecule has 0 aliphatic heterocycles. The second kappa shape index (κ2) is 8.10. The predicted molar refractivity (Wildman–Crippen MR) is 107 cm³/mol. The first-order chi connectivity index (χ1) is 13.3. The number of carboxylic acid groups (broad SMARTS) is 1. The highest BCUT2D eigenvalue weighted by Crippen LogP contribution is 2.30. The number of hydrogen-bond acceptors (Lipinski definition) is 4. The zero-order valence-electron chi connectivity index (χ0n) is 14.1. The Hall–Kier alpha value is -2.74. The fraction of sp³-hybridized carbons (Fsp3) is 0. The summed E-state index contributed by atoms with van der Waals surface area (Å²) in [5, 5.41) is 9.84. The summed E-state index contributed by atoms with van der Waals surface area (Å²) in [5.41, 5.74) is -0.344. The van der Waals surface area contributed by atoms with Crippen LogP contribution in [0.25, 0.3) is 0 Å². The Balaban J connectivity index is 1.83. The Morgan fingerprint density at radius 1 is 0.964 bits per heavy atom. The fourth-order valence-corrected chi connectivity index (χ4v) is 3.75. The first-order valence-corrected chi connectivity index (χ1v) is 10.1. The molecule has 144 valence electrons. The Kier molecular flexibility index (Phi) is 5.79. The summed E-state index contributed by atoms with van der Waals surface area (Å²) >= 11 is 11.8. The van der Waals surface area contributed by atoms with Crippen LogP contribution in [0.4, 0.5) is 5.69 Å². The molecule has 0 saturated heterocycles. The van der Waals surface area contributed by atoms with Crippen LogP contribution in [0.5, 0.6) is 11.5 Å². The van der Waals surface area contributed by atoms with Crippen molar-refractivity contribution in [2.24, 2.45) is 0 Å². The van der Waals surface area contributed by atoms with Crippen LogP contribution < -0.4 is 9.46 Å². The number of rotatable bonds is 6. The number of para-hydroxylation sites is 1. The maximum Gasteiger partial charge on any atom is 0.337 e. The molecule has 0 heterocycles. The van der Waals surface area contributed by atoms with Gasteiger partial charge in [-0.05, 0) is 54.6 Å². The number of aromatic carboxylic acids is 1. The summed E-state index contributed by atoms with van der Waals surface area (Å²) in [6.07, 6.45) is 0. The molecular formula is C19H13Cl2NO5S. The number of anilines is 1. The molecule has 0 bridgehead atoms. The highest BCUT2D eigenvalue weighted by atomic mass is 35.5. The Bertz CT molecular complexity index is 1130. The van der Waals surface area contributed by atoms with E-state index < -0.39 is 16.0 Å². The number of ether oxygens (including phenoxy) is 1. The van der Waals surface area contributed by atoms with E-state index in [4.69, 9.17) is 27.9 Å². The summed E-state index contributed by atoms with van der Waals surface area (Å²) in [6.45, 7) is 0. The minimum atomic E-state index is -4.02. The lowest BCUT2D eigenvalue weighted by atomic mass is 10.2. The van der Waals surface area contributed by atoms with Crippen LogP contribution in [0, 0.1) is 0 Å². The number of carbonyl (C=O) groups is 1. The molecule has 0 fully saturated rings. The third-order valence-electron chi connectivity index (χ3n) is 3.65. The molecule has 0 unspecified atom stereocenters. The van der Waals surface area contributed by atoms with Crippen molar-refractivity contribution >= 4 is 44.9 Å². The van der Waals surface area contributed by atoms with Gasteiger partial charge in [-0.15, -0.1) is 0 Å². The maximum atomic E-state index is 12.6. The van der Waals surface area contributed by atoms with Gasteiger partial charge in [-0.25, -0.2) is 13.2 Å². The SMILES string of the molecule is O=C(O)c1cc(Cl)ccc1NS(=O)(=O)c1ccc(Oc2ccccc2Cl)cc1. The van der Waals surface area contributed by atoms with Crippen molar-refractivity contribution in [2.75, 3.05) is 4.72 Å². The molecule has 0 atom stereocenters. The number of hydrogen-bond donors (Lipinski definition) is 2. The van der Waals surface area contributed by atoms with Gasteiger partial charge in [0.15, 0.2) is 0 Å². The van der Waals surface area contributed by atoms with Gasteiger partial charge in [0.25, 0.3) is 10.0 Å². The zero-order valence-corrected chi connectivity index (χ0v) is 16.4. The standard InChI is InChI=1S/C19H13Cl2NO5S/c20-12-5-10-17(15(11-12)19(23)24)22-28(25,26)14-8-6-13(7-9-14)27-18-4-2-1-3-16(18)21/h1-11,22H,(H,23,24). The first-order valence-electron chi connectivity index (χ1n) is 7.84. The van der Waals surface area contributed by atoms with Crippen LogP contribution in [-0.4, -0.2) is 19.5 Å². The Labute approximate surface area is 171 Å². The van der Waals surface area contributed by atoms with E-state index in [1.165, 1.54) is 42.5 Å². The van der Waals surface area contributed by atoms with Gasteiger partial charge in [-0.1, -0.05) is 35.3 Å². The van der Waals surface area contributed by atoms with E-state index in [0.717, 1.165) is 0 Å². The molecule has 0 aliphatic carbocycles. The number of carboxylic acids is 1. The van der Waals surface area contributed by atoms with Crippen molar-refractivity contribution in [3.05, 3.63) is 82.3 Å². The van der Waals surface area contributed by atoms with Crippen LogP contribution in [0.15, 0.2) is 71.6 Å². The molecule has 2 N–H and O–H groups in total. The second-order valence-corrected chi connectivity index (χ2v) is 8.13. The van der Waals surface area contributed by atoms with Crippen molar-refractivity contribution in [1.82, 2.24) is 0 Å². The largest absolute Gasteiger partial charge is 0.478 e. The summed E-state index contributed by atoms with van der Waals surface area (Å²) in [7, 11) is -4.02. The summed E-state index contributed by atoms with van der Waals surface area (Å²) in [4.78, 5) is 11.3. The quantitative estimate of drug-likeness (QED) is 0.546. The Morgan fingerprint density at radius 3 is 2.29 bits per heavy atom. The summed E-state index contributed by atoms with van der Waals surface area (Å²) in [5.74, 6) is -0.474.